The first-order valence-electron chi connectivity index (χ1n) is 10.1. The van der Waals surface area contributed by atoms with Crippen molar-refractivity contribution in [2.45, 2.75) is 32.3 Å². The van der Waals surface area contributed by atoms with E-state index in [1.807, 2.05) is 42.2 Å². The zero-order chi connectivity index (χ0) is 20.2. The van der Waals surface area contributed by atoms with Crippen LogP contribution in [0.2, 0.25) is 0 Å². The summed E-state index contributed by atoms with van der Waals surface area (Å²) in [5.41, 5.74) is 8.42. The Bertz CT molecular complexity index is 1000. The van der Waals surface area contributed by atoms with Gasteiger partial charge in [0.1, 0.15) is 0 Å². The summed E-state index contributed by atoms with van der Waals surface area (Å²) in [6.45, 7) is 4.54. The highest BCUT2D eigenvalue weighted by atomic mass is 35.5. The minimum atomic E-state index is -0.0726. The molecule has 1 fully saturated rings. The molecule has 1 aliphatic heterocycles. The van der Waals surface area contributed by atoms with Crippen LogP contribution in [0.25, 0.3) is 16.6 Å². The maximum Gasteiger partial charge on any atom is 0.276 e. The Morgan fingerprint density at radius 3 is 2.74 bits per heavy atom. The summed E-state index contributed by atoms with van der Waals surface area (Å²) >= 11 is 0. The van der Waals surface area contributed by atoms with Gasteiger partial charge in [0.2, 0.25) is 0 Å². The summed E-state index contributed by atoms with van der Waals surface area (Å²) in [4.78, 5) is 19.2. The molecule has 0 unspecified atom stereocenters. The summed E-state index contributed by atoms with van der Waals surface area (Å²) in [5, 5.41) is 9.44. The number of hydrogen-bond donors (Lipinski definition) is 1. The Morgan fingerprint density at radius 1 is 1.23 bits per heavy atom. The van der Waals surface area contributed by atoms with E-state index >= 15 is 0 Å². The summed E-state index contributed by atoms with van der Waals surface area (Å²) in [5.74, 6) is -0.0726. The van der Waals surface area contributed by atoms with Crippen LogP contribution in [0.15, 0.2) is 36.5 Å². The van der Waals surface area contributed by atoms with E-state index in [2.05, 4.69) is 15.3 Å². The smallest absolute Gasteiger partial charge is 0.276 e. The van der Waals surface area contributed by atoms with E-state index in [-0.39, 0.29) is 36.8 Å². The van der Waals surface area contributed by atoms with E-state index in [9.17, 15) is 4.79 Å². The first-order valence-corrected chi connectivity index (χ1v) is 10.1. The number of likely N-dealkylation sites (tertiary alicyclic amines) is 1. The van der Waals surface area contributed by atoms with Crippen LogP contribution in [0.5, 0.6) is 0 Å². The van der Waals surface area contributed by atoms with Crippen LogP contribution in [-0.4, -0.2) is 63.1 Å². The molecule has 0 saturated carbocycles. The van der Waals surface area contributed by atoms with Crippen LogP contribution in [-0.2, 0) is 4.74 Å². The van der Waals surface area contributed by atoms with Crippen molar-refractivity contribution in [1.82, 2.24) is 24.9 Å². The van der Waals surface area contributed by atoms with E-state index in [1.165, 1.54) is 0 Å². The average Bonchev–Trinajstić information content (AvgIpc) is 3.15. The van der Waals surface area contributed by atoms with Crippen LogP contribution >= 0.6 is 24.8 Å². The minimum absolute atomic E-state index is 0. The lowest BCUT2D eigenvalue weighted by atomic mass is 10.1. The number of rotatable bonds is 6. The van der Waals surface area contributed by atoms with Gasteiger partial charge >= 0.3 is 0 Å². The summed E-state index contributed by atoms with van der Waals surface area (Å²) in [6.07, 6.45) is 4.51. The number of nitrogens with zero attached hydrogens (tertiary/aromatic N) is 5. The van der Waals surface area contributed by atoms with Gasteiger partial charge in [-0.2, -0.15) is 0 Å². The molecule has 0 spiro atoms. The summed E-state index contributed by atoms with van der Waals surface area (Å²) in [6, 6.07) is 9.79. The van der Waals surface area contributed by atoms with E-state index < -0.39 is 0 Å². The van der Waals surface area contributed by atoms with Gasteiger partial charge in [-0.1, -0.05) is 11.3 Å². The van der Waals surface area contributed by atoms with Crippen LogP contribution in [0.4, 0.5) is 0 Å². The molecule has 0 aliphatic carbocycles. The molecule has 3 heterocycles. The molecule has 3 aromatic rings. The highest BCUT2D eigenvalue weighted by molar-refractivity contribution is 5.93. The lowest BCUT2D eigenvalue weighted by Gasteiger charge is -2.31. The molecule has 10 heteroatoms. The predicted octanol–water partition coefficient (Wildman–Crippen LogP) is 2.94. The van der Waals surface area contributed by atoms with Crippen molar-refractivity contribution in [3.63, 3.8) is 0 Å². The van der Waals surface area contributed by atoms with Crippen LogP contribution in [0, 0.1) is 6.92 Å². The van der Waals surface area contributed by atoms with Crippen molar-refractivity contribution in [3.8, 4) is 5.69 Å². The largest absolute Gasteiger partial charge is 0.378 e. The molecule has 2 aromatic heterocycles. The van der Waals surface area contributed by atoms with Gasteiger partial charge < -0.3 is 15.4 Å². The maximum absolute atomic E-state index is 13.0. The third-order valence-electron chi connectivity index (χ3n) is 5.36. The first kappa shape index (κ1) is 25.0. The van der Waals surface area contributed by atoms with Gasteiger partial charge in [-0.25, -0.2) is 4.68 Å². The minimum Gasteiger partial charge on any atom is -0.378 e. The number of halogens is 2. The molecule has 1 aliphatic rings. The number of carbonyl (C=O) groups excluding carboxylic acids is 1. The van der Waals surface area contributed by atoms with Crippen LogP contribution < -0.4 is 5.73 Å². The van der Waals surface area contributed by atoms with Crippen molar-refractivity contribution in [3.05, 3.63) is 47.9 Å². The highest BCUT2D eigenvalue weighted by Gasteiger charge is 2.27. The van der Waals surface area contributed by atoms with Crippen molar-refractivity contribution in [1.29, 1.82) is 0 Å². The van der Waals surface area contributed by atoms with Gasteiger partial charge in [-0.15, -0.1) is 29.9 Å². The van der Waals surface area contributed by atoms with Crippen LogP contribution in [0.1, 0.15) is 35.4 Å². The summed E-state index contributed by atoms with van der Waals surface area (Å²) < 4.78 is 7.53. The fraction of sp³-hybridized carbons (Fsp3) is 0.429. The van der Waals surface area contributed by atoms with E-state index in [4.69, 9.17) is 10.5 Å². The molecule has 1 aromatic carbocycles. The molecule has 31 heavy (non-hydrogen) atoms. The fourth-order valence-electron chi connectivity index (χ4n) is 3.68. The molecular weight excluding hydrogens is 439 g/mol. The van der Waals surface area contributed by atoms with Gasteiger partial charge in [-0.3, -0.25) is 9.78 Å². The number of ether oxygens (including phenoxy) is 1. The number of fused-ring (bicyclic) bond motifs is 1. The maximum atomic E-state index is 13.0. The topological polar surface area (TPSA) is 99.2 Å². The molecule has 0 atom stereocenters. The van der Waals surface area contributed by atoms with E-state index in [0.717, 1.165) is 41.5 Å². The normalized spacial score (nSPS) is 14.2. The molecule has 0 radical (unpaired) electrons. The Hall–Kier alpha value is -2.26. The number of carbonyl (C=O) groups is 1. The van der Waals surface area contributed by atoms with Crippen LogP contribution in [0.3, 0.4) is 0 Å². The SMILES string of the molecule is Cc1c(C(=O)N2CCC(OCCCN)CC2)nnn1-c1ccc2ncccc2c1.Cl.Cl. The van der Waals surface area contributed by atoms with Gasteiger partial charge in [0, 0.05) is 31.3 Å². The highest BCUT2D eigenvalue weighted by Crippen LogP contribution is 2.21. The molecule has 168 valence electrons. The van der Waals surface area contributed by atoms with Crippen molar-refractivity contribution in [2.75, 3.05) is 26.2 Å². The standard InChI is InChI=1S/C21H26N6O2.2ClH/c1-15-20(21(28)26-11-7-18(8-12-26)29-13-3-9-22)24-25-27(15)17-5-6-19-16(14-17)4-2-10-23-19;;/h2,4-6,10,14,18H,3,7-9,11-13,22H2,1H3;2*1H. The van der Waals surface area contributed by atoms with Gasteiger partial charge in [0.05, 0.1) is 23.0 Å². The Labute approximate surface area is 194 Å². The van der Waals surface area contributed by atoms with Gasteiger partial charge in [-0.05, 0) is 57.0 Å². The molecule has 1 amide bonds. The second-order valence-electron chi connectivity index (χ2n) is 7.32. The molecule has 0 bridgehead atoms. The number of nitrogens with two attached hydrogens (primary N) is 1. The number of piperidine rings is 1. The summed E-state index contributed by atoms with van der Waals surface area (Å²) in [7, 11) is 0. The van der Waals surface area contributed by atoms with Gasteiger partial charge in [0.15, 0.2) is 5.69 Å². The fourth-order valence-corrected chi connectivity index (χ4v) is 3.68. The van der Waals surface area contributed by atoms with Crippen molar-refractivity contribution < 1.29 is 9.53 Å². The molecule has 1 saturated heterocycles. The predicted molar refractivity (Wildman–Crippen MR) is 124 cm³/mol. The van der Waals surface area contributed by atoms with Gasteiger partial charge in [0.25, 0.3) is 5.91 Å². The Balaban J connectivity index is 0.00000171. The van der Waals surface area contributed by atoms with Crippen molar-refractivity contribution >= 4 is 41.6 Å². The third kappa shape index (κ3) is 5.51. The number of aromatic nitrogens is 4. The third-order valence-corrected chi connectivity index (χ3v) is 5.36. The van der Waals surface area contributed by atoms with E-state index in [0.29, 0.717) is 31.9 Å². The average molecular weight is 467 g/mol. The lowest BCUT2D eigenvalue weighted by Crippen LogP contribution is -2.41. The lowest BCUT2D eigenvalue weighted by molar-refractivity contribution is 0.00827. The van der Waals surface area contributed by atoms with Crippen molar-refractivity contribution in [2.24, 2.45) is 5.73 Å². The Morgan fingerprint density at radius 2 is 2.00 bits per heavy atom. The monoisotopic (exact) mass is 466 g/mol. The molecule has 2 N–H and O–H groups in total. The zero-order valence-corrected chi connectivity index (χ0v) is 19.1. The number of pyridine rings is 1. The van der Waals surface area contributed by atoms with E-state index in [1.54, 1.807) is 10.9 Å². The second-order valence-corrected chi connectivity index (χ2v) is 7.32. The number of amides is 1. The number of hydrogen-bond acceptors (Lipinski definition) is 6. The zero-order valence-electron chi connectivity index (χ0n) is 17.4. The first-order chi connectivity index (χ1) is 14.2. The number of benzene rings is 1. The Kier molecular flexibility index (Phi) is 9.18. The quantitative estimate of drug-likeness (QED) is 0.560. The second kappa shape index (κ2) is 11.4. The molecular formula is C21H28Cl2N6O2. The molecule has 8 nitrogen and oxygen atoms in total. The molecule has 4 rings (SSSR count).